The molecule has 0 aliphatic carbocycles. The molecule has 6 N–H and O–H groups in total. The molecule has 194 valence electrons. The van der Waals surface area contributed by atoms with Crippen molar-refractivity contribution in [2.75, 3.05) is 24.1 Å². The molecule has 10 heteroatoms. The summed E-state index contributed by atoms with van der Waals surface area (Å²) in [6.07, 6.45) is 5.81. The molecule has 0 unspecified atom stereocenters. The van der Waals surface area contributed by atoms with Gasteiger partial charge in [-0.1, -0.05) is 30.3 Å². The molecule has 0 spiro atoms. The fourth-order valence-corrected chi connectivity index (χ4v) is 4.54. The number of rotatable bonds is 6. The summed E-state index contributed by atoms with van der Waals surface area (Å²) in [7, 11) is 1.82. The summed E-state index contributed by atoms with van der Waals surface area (Å²) in [5.74, 6) is -0.164. The zero-order chi connectivity index (χ0) is 26.6. The van der Waals surface area contributed by atoms with Crippen LogP contribution in [-0.2, 0) is 13.6 Å². The van der Waals surface area contributed by atoms with E-state index < -0.39 is 0 Å². The molecule has 0 saturated carbocycles. The van der Waals surface area contributed by atoms with E-state index in [1.807, 2.05) is 55.7 Å². The summed E-state index contributed by atoms with van der Waals surface area (Å²) in [5.41, 5.74) is 17.5. The largest absolute Gasteiger partial charge is 0.383 e. The van der Waals surface area contributed by atoms with Crippen LogP contribution < -0.4 is 22.1 Å². The molecule has 5 rings (SSSR count). The van der Waals surface area contributed by atoms with Gasteiger partial charge in [0.15, 0.2) is 0 Å². The third-order valence-corrected chi connectivity index (χ3v) is 6.64. The predicted octanol–water partition coefficient (Wildman–Crippen LogP) is 3.23. The first-order chi connectivity index (χ1) is 18.4. The van der Waals surface area contributed by atoms with Crippen LogP contribution in [0.25, 0.3) is 22.3 Å². The Balaban J connectivity index is 1.18. The maximum absolute atomic E-state index is 13.0. The van der Waals surface area contributed by atoms with E-state index in [9.17, 15) is 9.59 Å². The van der Waals surface area contributed by atoms with Crippen LogP contribution in [0, 0.1) is 0 Å². The third kappa shape index (κ3) is 5.50. The van der Waals surface area contributed by atoms with Gasteiger partial charge < -0.3 is 27.0 Å². The van der Waals surface area contributed by atoms with Crippen molar-refractivity contribution >= 4 is 23.4 Å². The summed E-state index contributed by atoms with van der Waals surface area (Å²) < 4.78 is 1.68. The van der Waals surface area contributed by atoms with Crippen LogP contribution in [0.3, 0.4) is 0 Å². The van der Waals surface area contributed by atoms with Crippen LogP contribution >= 0.6 is 0 Å². The van der Waals surface area contributed by atoms with E-state index in [-0.39, 0.29) is 23.8 Å². The zero-order valence-corrected chi connectivity index (χ0v) is 21.1. The number of hydrogen-bond donors (Lipinski definition) is 4. The second-order valence-electron chi connectivity index (χ2n) is 9.38. The number of nitrogens with two attached hydrogens (primary N) is 2. The van der Waals surface area contributed by atoms with Crippen molar-refractivity contribution in [3.8, 4) is 22.3 Å². The molecule has 1 saturated heterocycles. The van der Waals surface area contributed by atoms with Crippen molar-refractivity contribution in [3.05, 3.63) is 84.3 Å². The topological polar surface area (TPSA) is 144 Å². The highest BCUT2D eigenvalue weighted by molar-refractivity contribution is 5.99. The summed E-state index contributed by atoms with van der Waals surface area (Å²) in [5, 5.41) is 10.1. The highest BCUT2D eigenvalue weighted by atomic mass is 16.2. The molecule has 10 nitrogen and oxygen atoms in total. The molecule has 4 aromatic rings. The molecule has 1 aliphatic heterocycles. The van der Waals surface area contributed by atoms with Crippen LogP contribution in [0.1, 0.15) is 22.3 Å². The third-order valence-electron chi connectivity index (χ3n) is 6.64. The van der Waals surface area contributed by atoms with Crippen molar-refractivity contribution in [1.29, 1.82) is 0 Å². The number of aryl methyl sites for hydroxylation is 1. The van der Waals surface area contributed by atoms with E-state index in [2.05, 4.69) is 26.8 Å². The minimum atomic E-state index is -0.317. The maximum atomic E-state index is 13.0. The lowest BCUT2D eigenvalue weighted by Gasteiger charge is -2.18. The molecular weight excluding hydrogens is 480 g/mol. The Labute approximate surface area is 220 Å². The van der Waals surface area contributed by atoms with E-state index in [1.54, 1.807) is 28.0 Å². The average molecular weight is 511 g/mol. The molecular formula is C28H30N8O2. The molecule has 3 heterocycles. The molecule has 38 heavy (non-hydrogen) atoms. The molecule has 2 aromatic carbocycles. The maximum Gasteiger partial charge on any atom is 0.321 e. The molecule has 3 amide bonds. The second kappa shape index (κ2) is 10.7. The summed E-state index contributed by atoms with van der Waals surface area (Å²) in [4.78, 5) is 31.7. The fraction of sp³-hybridized carbons (Fsp3) is 0.214. The standard InChI is InChI=1S/C28H30N8O2/c1-35-16-22(15-32-35)21-12-25(26(30)31-14-21)27(37)33-24-9-10-36(17-24)28(38)34-23-7-5-19(6-8-23)20-4-2-3-18(11-20)13-29/h2-8,11-12,14-16,24H,9-10,13,17,29H2,1H3,(H2,30,31)(H,33,37)(H,34,38)/t24-/m1/s1. The molecule has 0 bridgehead atoms. The number of benzene rings is 2. The lowest BCUT2D eigenvalue weighted by Crippen LogP contribution is -2.40. The first kappa shape index (κ1) is 25.0. The highest BCUT2D eigenvalue weighted by Gasteiger charge is 2.28. The Hall–Kier alpha value is -4.70. The summed E-state index contributed by atoms with van der Waals surface area (Å²) >= 11 is 0. The second-order valence-corrected chi connectivity index (χ2v) is 9.38. The number of carbonyl (C=O) groups excluding carboxylic acids is 2. The van der Waals surface area contributed by atoms with Gasteiger partial charge >= 0.3 is 6.03 Å². The lowest BCUT2D eigenvalue weighted by atomic mass is 10.0. The number of nitrogens with one attached hydrogen (secondary N) is 2. The number of amides is 3. The zero-order valence-electron chi connectivity index (χ0n) is 21.1. The van der Waals surface area contributed by atoms with E-state index in [1.165, 1.54) is 0 Å². The Kier molecular flexibility index (Phi) is 7.05. The SMILES string of the molecule is Cn1cc(-c2cnc(N)c(C(=O)N[C@@H]3CCN(C(=O)Nc4ccc(-c5cccc(CN)c5)cc4)C3)c2)cn1. The normalized spacial score (nSPS) is 14.9. The van der Waals surface area contributed by atoms with Crippen LogP contribution in [0.2, 0.25) is 0 Å². The summed E-state index contributed by atoms with van der Waals surface area (Å²) in [6, 6.07) is 17.1. The fourth-order valence-electron chi connectivity index (χ4n) is 4.54. The Morgan fingerprint density at radius 1 is 1.03 bits per heavy atom. The van der Waals surface area contributed by atoms with Crippen molar-refractivity contribution in [3.63, 3.8) is 0 Å². The number of likely N-dealkylation sites (tertiary alicyclic amines) is 1. The minimum Gasteiger partial charge on any atom is -0.383 e. The lowest BCUT2D eigenvalue weighted by molar-refractivity contribution is 0.0938. The van der Waals surface area contributed by atoms with E-state index in [4.69, 9.17) is 11.5 Å². The van der Waals surface area contributed by atoms with Gasteiger partial charge in [-0.25, -0.2) is 9.78 Å². The van der Waals surface area contributed by atoms with Crippen molar-refractivity contribution < 1.29 is 9.59 Å². The number of anilines is 2. The number of hydrogen-bond acceptors (Lipinski definition) is 6. The highest BCUT2D eigenvalue weighted by Crippen LogP contribution is 2.24. The smallest absolute Gasteiger partial charge is 0.321 e. The number of aromatic nitrogens is 3. The van der Waals surface area contributed by atoms with Crippen LogP contribution in [0.15, 0.2) is 73.2 Å². The van der Waals surface area contributed by atoms with Crippen molar-refractivity contribution in [2.45, 2.75) is 19.0 Å². The van der Waals surface area contributed by atoms with Gasteiger partial charge in [-0.15, -0.1) is 0 Å². The number of urea groups is 1. The van der Waals surface area contributed by atoms with E-state index in [0.29, 0.717) is 37.3 Å². The Bertz CT molecular complexity index is 1460. The molecule has 1 atom stereocenters. The van der Waals surface area contributed by atoms with Gasteiger partial charge in [-0.2, -0.15) is 5.10 Å². The van der Waals surface area contributed by atoms with Crippen molar-refractivity contribution in [2.24, 2.45) is 12.8 Å². The number of nitrogens with zero attached hydrogens (tertiary/aromatic N) is 4. The van der Waals surface area contributed by atoms with E-state index in [0.717, 1.165) is 27.8 Å². The minimum absolute atomic E-state index is 0.154. The van der Waals surface area contributed by atoms with Crippen LogP contribution in [0.5, 0.6) is 0 Å². The van der Waals surface area contributed by atoms with Gasteiger partial charge in [0.1, 0.15) is 5.82 Å². The van der Waals surface area contributed by atoms with Crippen LogP contribution in [0.4, 0.5) is 16.3 Å². The number of nitrogen functional groups attached to an aromatic ring is 1. The summed E-state index contributed by atoms with van der Waals surface area (Å²) in [6.45, 7) is 1.42. The monoisotopic (exact) mass is 510 g/mol. The van der Waals surface area contributed by atoms with Gasteiger partial charge in [0, 0.05) is 61.9 Å². The first-order valence-electron chi connectivity index (χ1n) is 12.4. The van der Waals surface area contributed by atoms with Crippen LogP contribution in [-0.4, -0.2) is 50.7 Å². The Morgan fingerprint density at radius 2 is 1.84 bits per heavy atom. The number of pyridine rings is 1. The first-order valence-corrected chi connectivity index (χ1v) is 12.4. The number of carbonyl (C=O) groups is 2. The van der Waals surface area contributed by atoms with Gasteiger partial charge in [-0.3, -0.25) is 9.48 Å². The molecule has 0 radical (unpaired) electrons. The predicted molar refractivity (Wildman–Crippen MR) is 147 cm³/mol. The quantitative estimate of drug-likeness (QED) is 0.313. The van der Waals surface area contributed by atoms with Crippen molar-refractivity contribution in [1.82, 2.24) is 25.0 Å². The molecule has 1 fully saturated rings. The average Bonchev–Trinajstić information content (AvgIpc) is 3.58. The van der Waals surface area contributed by atoms with E-state index >= 15 is 0 Å². The van der Waals surface area contributed by atoms with Gasteiger partial charge in [0.25, 0.3) is 5.91 Å². The molecule has 2 aromatic heterocycles. The van der Waals surface area contributed by atoms with Gasteiger partial charge in [-0.05, 0) is 47.4 Å². The molecule has 1 aliphatic rings. The van der Waals surface area contributed by atoms with Gasteiger partial charge in [0.2, 0.25) is 0 Å². The Morgan fingerprint density at radius 3 is 2.58 bits per heavy atom. The van der Waals surface area contributed by atoms with Gasteiger partial charge in [0.05, 0.1) is 11.8 Å².